The summed E-state index contributed by atoms with van der Waals surface area (Å²) in [4.78, 5) is 27.6. The van der Waals surface area contributed by atoms with Crippen LogP contribution in [0.5, 0.6) is 17.2 Å². The minimum atomic E-state index is -0.431. The highest BCUT2D eigenvalue weighted by Crippen LogP contribution is 2.25. The van der Waals surface area contributed by atoms with E-state index < -0.39 is 6.03 Å². The number of nitrogens with zero attached hydrogens (tertiary/aromatic N) is 1. The lowest BCUT2D eigenvalue weighted by Gasteiger charge is -2.26. The quantitative estimate of drug-likeness (QED) is 0.350. The summed E-state index contributed by atoms with van der Waals surface area (Å²) in [7, 11) is 1.49. The molecule has 1 aliphatic rings. The molecule has 0 aromatic heterocycles. The molecule has 0 unspecified atom stereocenters. The van der Waals surface area contributed by atoms with Crippen molar-refractivity contribution in [1.29, 1.82) is 0 Å². The molecule has 0 radical (unpaired) electrons. The Labute approximate surface area is 216 Å². The van der Waals surface area contributed by atoms with Gasteiger partial charge in [-0.2, -0.15) is 0 Å². The second kappa shape index (κ2) is 13.3. The zero-order valence-electron chi connectivity index (χ0n) is 20.9. The Morgan fingerprint density at radius 1 is 0.892 bits per heavy atom. The molecule has 4 rings (SSSR count). The van der Waals surface area contributed by atoms with Crippen molar-refractivity contribution >= 4 is 23.3 Å². The first-order chi connectivity index (χ1) is 18.1. The summed E-state index contributed by atoms with van der Waals surface area (Å²) in [5.74, 6) is 1.47. The number of anilines is 2. The van der Waals surface area contributed by atoms with E-state index in [0.29, 0.717) is 40.7 Å². The summed E-state index contributed by atoms with van der Waals surface area (Å²) in [6, 6.07) is 21.0. The molecule has 1 aliphatic heterocycles. The van der Waals surface area contributed by atoms with E-state index in [0.717, 1.165) is 39.3 Å². The van der Waals surface area contributed by atoms with Gasteiger partial charge in [0.05, 0.1) is 25.9 Å². The van der Waals surface area contributed by atoms with E-state index in [1.807, 2.05) is 36.4 Å². The number of ether oxygens (including phenoxy) is 3. The van der Waals surface area contributed by atoms with Crippen LogP contribution >= 0.6 is 0 Å². The van der Waals surface area contributed by atoms with Crippen LogP contribution in [0.15, 0.2) is 72.8 Å². The van der Waals surface area contributed by atoms with Gasteiger partial charge in [0, 0.05) is 43.1 Å². The number of hydrogen-bond acceptors (Lipinski definition) is 6. The van der Waals surface area contributed by atoms with E-state index >= 15 is 0 Å². The van der Waals surface area contributed by atoms with E-state index in [2.05, 4.69) is 20.9 Å². The first kappa shape index (κ1) is 26.0. The molecule has 9 nitrogen and oxygen atoms in total. The molecule has 3 amide bonds. The van der Waals surface area contributed by atoms with E-state index in [-0.39, 0.29) is 5.91 Å². The van der Waals surface area contributed by atoms with Gasteiger partial charge < -0.3 is 30.2 Å². The van der Waals surface area contributed by atoms with Crippen LogP contribution in [0.3, 0.4) is 0 Å². The third kappa shape index (κ3) is 7.96. The Hall–Kier alpha value is -4.08. The van der Waals surface area contributed by atoms with E-state index in [1.165, 1.54) is 7.11 Å². The number of hydrogen-bond donors (Lipinski definition) is 3. The second-order valence-electron chi connectivity index (χ2n) is 8.50. The maximum atomic E-state index is 12.7. The van der Waals surface area contributed by atoms with E-state index in [1.54, 1.807) is 36.4 Å². The number of morpholine rings is 1. The summed E-state index contributed by atoms with van der Waals surface area (Å²) < 4.78 is 16.6. The molecule has 3 aromatic rings. The van der Waals surface area contributed by atoms with Crippen LogP contribution in [-0.2, 0) is 4.74 Å². The normalized spacial score (nSPS) is 13.4. The van der Waals surface area contributed by atoms with Crippen LogP contribution in [0.25, 0.3) is 0 Å². The Balaban J connectivity index is 1.28. The SMILES string of the molecule is COc1cc(NC(=O)Nc2cccc(Oc3ccccc3)c2)ccc1C(=O)NCCCN1CCOCC1. The molecule has 37 heavy (non-hydrogen) atoms. The standard InChI is InChI=1S/C28H32N4O5/c1-35-26-20-22(11-12-25(26)27(33)29-13-6-14-32-15-17-36-18-16-32)31-28(34)30-21-7-5-10-24(19-21)37-23-8-3-2-4-9-23/h2-5,7-12,19-20H,6,13-18H2,1H3,(H,29,33)(H2,30,31,34). The summed E-state index contributed by atoms with van der Waals surface area (Å²) in [6.07, 6.45) is 0.853. The van der Waals surface area contributed by atoms with Crippen molar-refractivity contribution < 1.29 is 23.8 Å². The lowest BCUT2D eigenvalue weighted by molar-refractivity contribution is 0.0374. The molecular weight excluding hydrogens is 472 g/mol. The molecule has 0 aliphatic carbocycles. The number of amides is 3. The predicted molar refractivity (Wildman–Crippen MR) is 143 cm³/mol. The van der Waals surface area contributed by atoms with E-state index in [4.69, 9.17) is 14.2 Å². The topological polar surface area (TPSA) is 101 Å². The van der Waals surface area contributed by atoms with Crippen molar-refractivity contribution in [2.75, 3.05) is 57.1 Å². The molecule has 1 saturated heterocycles. The van der Waals surface area contributed by atoms with Gasteiger partial charge in [0.2, 0.25) is 0 Å². The average Bonchev–Trinajstić information content (AvgIpc) is 2.92. The van der Waals surface area contributed by atoms with Crippen molar-refractivity contribution in [3.63, 3.8) is 0 Å². The van der Waals surface area contributed by atoms with Gasteiger partial charge in [0.15, 0.2) is 0 Å². The van der Waals surface area contributed by atoms with Crippen LogP contribution < -0.4 is 25.4 Å². The predicted octanol–water partition coefficient (Wildman–Crippen LogP) is 4.58. The molecule has 0 spiro atoms. The molecule has 194 valence electrons. The Kier molecular flexibility index (Phi) is 9.34. The van der Waals surface area contributed by atoms with Crippen molar-refractivity contribution in [2.24, 2.45) is 0 Å². The number of benzene rings is 3. The summed E-state index contributed by atoms with van der Waals surface area (Å²) in [6.45, 7) is 4.86. The molecule has 9 heteroatoms. The van der Waals surface area contributed by atoms with Crippen LogP contribution in [-0.4, -0.2) is 63.3 Å². The van der Waals surface area contributed by atoms with E-state index in [9.17, 15) is 9.59 Å². The molecule has 3 aromatic carbocycles. The highest BCUT2D eigenvalue weighted by Gasteiger charge is 2.15. The van der Waals surface area contributed by atoms with Crippen LogP contribution in [0.2, 0.25) is 0 Å². The largest absolute Gasteiger partial charge is 0.496 e. The molecule has 0 saturated carbocycles. The molecular formula is C28H32N4O5. The molecule has 1 heterocycles. The van der Waals surface area contributed by atoms with Gasteiger partial charge in [-0.3, -0.25) is 9.69 Å². The molecule has 0 atom stereocenters. The minimum Gasteiger partial charge on any atom is -0.496 e. The first-order valence-corrected chi connectivity index (χ1v) is 12.3. The highest BCUT2D eigenvalue weighted by molar-refractivity contribution is 6.01. The minimum absolute atomic E-state index is 0.218. The first-order valence-electron chi connectivity index (χ1n) is 12.3. The van der Waals surface area contributed by atoms with Crippen LogP contribution in [0.1, 0.15) is 16.8 Å². The Bertz CT molecular complexity index is 1180. The fraction of sp³-hybridized carbons (Fsp3) is 0.286. The average molecular weight is 505 g/mol. The van der Waals surface area contributed by atoms with Crippen molar-refractivity contribution in [3.05, 3.63) is 78.4 Å². The van der Waals surface area contributed by atoms with Crippen molar-refractivity contribution in [1.82, 2.24) is 10.2 Å². The molecule has 3 N–H and O–H groups in total. The van der Waals surface area contributed by atoms with Crippen molar-refractivity contribution in [2.45, 2.75) is 6.42 Å². The maximum absolute atomic E-state index is 12.7. The van der Waals surface area contributed by atoms with Gasteiger partial charge in [-0.1, -0.05) is 24.3 Å². The number of para-hydroxylation sites is 1. The zero-order valence-corrected chi connectivity index (χ0v) is 20.9. The van der Waals surface area contributed by atoms with Gasteiger partial charge in [0.25, 0.3) is 5.91 Å². The van der Waals surface area contributed by atoms with Gasteiger partial charge in [-0.05, 0) is 49.4 Å². The Morgan fingerprint density at radius 3 is 2.38 bits per heavy atom. The lowest BCUT2D eigenvalue weighted by Crippen LogP contribution is -2.38. The fourth-order valence-electron chi connectivity index (χ4n) is 3.94. The lowest BCUT2D eigenvalue weighted by atomic mass is 10.1. The third-order valence-electron chi connectivity index (χ3n) is 5.82. The fourth-order valence-corrected chi connectivity index (χ4v) is 3.94. The summed E-state index contributed by atoms with van der Waals surface area (Å²) in [5.41, 5.74) is 1.48. The van der Waals surface area contributed by atoms with Gasteiger partial charge in [-0.25, -0.2) is 4.79 Å². The number of carbonyl (C=O) groups is 2. The number of methoxy groups -OCH3 is 1. The molecule has 1 fully saturated rings. The monoisotopic (exact) mass is 504 g/mol. The number of rotatable bonds is 10. The van der Waals surface area contributed by atoms with Gasteiger partial charge in [0.1, 0.15) is 17.2 Å². The van der Waals surface area contributed by atoms with Crippen LogP contribution in [0.4, 0.5) is 16.2 Å². The second-order valence-corrected chi connectivity index (χ2v) is 8.50. The van der Waals surface area contributed by atoms with Crippen LogP contribution in [0, 0.1) is 0 Å². The van der Waals surface area contributed by atoms with Gasteiger partial charge >= 0.3 is 6.03 Å². The molecule has 0 bridgehead atoms. The van der Waals surface area contributed by atoms with Crippen molar-refractivity contribution in [3.8, 4) is 17.2 Å². The Morgan fingerprint density at radius 2 is 1.62 bits per heavy atom. The highest BCUT2D eigenvalue weighted by atomic mass is 16.5. The maximum Gasteiger partial charge on any atom is 0.323 e. The number of carbonyl (C=O) groups excluding carboxylic acids is 2. The number of urea groups is 1. The summed E-state index contributed by atoms with van der Waals surface area (Å²) in [5, 5.41) is 8.50. The number of nitrogens with one attached hydrogen (secondary N) is 3. The zero-order chi connectivity index (χ0) is 25.9. The summed E-state index contributed by atoms with van der Waals surface area (Å²) >= 11 is 0. The van der Waals surface area contributed by atoms with Gasteiger partial charge in [-0.15, -0.1) is 0 Å². The third-order valence-corrected chi connectivity index (χ3v) is 5.82. The smallest absolute Gasteiger partial charge is 0.323 e.